The summed E-state index contributed by atoms with van der Waals surface area (Å²) in [6, 6.07) is -0.667. The zero-order valence-corrected chi connectivity index (χ0v) is 8.28. The first-order valence-electron chi connectivity index (χ1n) is 4.30. The predicted molar refractivity (Wildman–Crippen MR) is 49.5 cm³/mol. The number of carbonyl (C=O) groups is 2. The monoisotopic (exact) mass is 204 g/mol. The van der Waals surface area contributed by atoms with E-state index in [9.17, 15) is 14.7 Å². The molecule has 0 rings (SSSR count). The van der Waals surface area contributed by atoms with E-state index in [2.05, 4.69) is 5.32 Å². The van der Waals surface area contributed by atoms with Crippen LogP contribution in [0.3, 0.4) is 0 Å². The highest BCUT2D eigenvalue weighted by Gasteiger charge is 2.30. The van der Waals surface area contributed by atoms with E-state index in [0.29, 0.717) is 6.42 Å². The first kappa shape index (κ1) is 12.9. The Morgan fingerprint density at radius 1 is 1.57 bits per heavy atom. The van der Waals surface area contributed by atoms with E-state index in [1.54, 1.807) is 6.92 Å². The number of carboxylic acid groups (broad SMARTS) is 1. The first-order chi connectivity index (χ1) is 6.31. The standard InChI is InChI=1S/C8H16N2O4/c1-3-5(9)6(11)10-4-8(2,14)7(12)13/h5,14H,3-4,9H2,1-2H3,(H,10,11)(H,12,13)/t5-,8?/m1/s1. The summed E-state index contributed by atoms with van der Waals surface area (Å²) in [6.07, 6.45) is 0.459. The molecule has 0 aromatic rings. The summed E-state index contributed by atoms with van der Waals surface area (Å²) in [7, 11) is 0. The molecule has 6 heteroatoms. The number of nitrogens with one attached hydrogen (secondary N) is 1. The van der Waals surface area contributed by atoms with Crippen LogP contribution in [-0.4, -0.2) is 40.3 Å². The molecule has 82 valence electrons. The lowest BCUT2D eigenvalue weighted by Gasteiger charge is -2.19. The van der Waals surface area contributed by atoms with E-state index < -0.39 is 23.5 Å². The van der Waals surface area contributed by atoms with Gasteiger partial charge in [0.05, 0.1) is 12.6 Å². The third kappa shape index (κ3) is 3.71. The predicted octanol–water partition coefficient (Wildman–Crippen LogP) is -1.32. The molecule has 5 N–H and O–H groups in total. The highest BCUT2D eigenvalue weighted by molar-refractivity contribution is 5.83. The molecule has 2 atom stereocenters. The van der Waals surface area contributed by atoms with Gasteiger partial charge in [-0.3, -0.25) is 4.79 Å². The number of aliphatic carboxylic acids is 1. The van der Waals surface area contributed by atoms with Crippen LogP contribution < -0.4 is 11.1 Å². The van der Waals surface area contributed by atoms with Gasteiger partial charge in [0.1, 0.15) is 0 Å². The van der Waals surface area contributed by atoms with Gasteiger partial charge in [0, 0.05) is 0 Å². The number of nitrogens with two attached hydrogens (primary N) is 1. The Balaban J connectivity index is 4.06. The molecule has 0 aliphatic rings. The molecule has 1 amide bonds. The average Bonchev–Trinajstić information content (AvgIpc) is 2.12. The molecule has 0 spiro atoms. The maximum Gasteiger partial charge on any atom is 0.337 e. The normalized spacial score (nSPS) is 16.9. The molecule has 14 heavy (non-hydrogen) atoms. The van der Waals surface area contributed by atoms with E-state index in [0.717, 1.165) is 6.92 Å². The highest BCUT2D eigenvalue weighted by atomic mass is 16.4. The largest absolute Gasteiger partial charge is 0.479 e. The summed E-state index contributed by atoms with van der Waals surface area (Å²) in [4.78, 5) is 21.5. The second kappa shape index (κ2) is 4.92. The van der Waals surface area contributed by atoms with Crippen LogP contribution in [0.25, 0.3) is 0 Å². The average molecular weight is 204 g/mol. The molecule has 0 saturated heterocycles. The number of amides is 1. The summed E-state index contributed by atoms with van der Waals surface area (Å²) >= 11 is 0. The topological polar surface area (TPSA) is 113 Å². The van der Waals surface area contributed by atoms with Crippen LogP contribution in [0.2, 0.25) is 0 Å². The Bertz CT molecular complexity index is 227. The molecule has 0 bridgehead atoms. The number of hydrogen-bond acceptors (Lipinski definition) is 4. The lowest BCUT2D eigenvalue weighted by Crippen LogP contribution is -2.50. The minimum atomic E-state index is -1.96. The van der Waals surface area contributed by atoms with E-state index in [1.165, 1.54) is 0 Å². The number of hydrogen-bond donors (Lipinski definition) is 4. The number of carbonyl (C=O) groups excluding carboxylic acids is 1. The Morgan fingerprint density at radius 2 is 2.07 bits per heavy atom. The number of carboxylic acids is 1. The maximum absolute atomic E-state index is 11.1. The van der Waals surface area contributed by atoms with Gasteiger partial charge in [-0.15, -0.1) is 0 Å². The molecular formula is C8H16N2O4. The van der Waals surface area contributed by atoms with Crippen LogP contribution in [-0.2, 0) is 9.59 Å². The molecule has 0 aliphatic carbocycles. The van der Waals surface area contributed by atoms with Gasteiger partial charge < -0.3 is 21.3 Å². The minimum Gasteiger partial charge on any atom is -0.479 e. The van der Waals surface area contributed by atoms with Crippen LogP contribution in [0.4, 0.5) is 0 Å². The first-order valence-corrected chi connectivity index (χ1v) is 4.30. The van der Waals surface area contributed by atoms with Crippen LogP contribution in [0.5, 0.6) is 0 Å². The van der Waals surface area contributed by atoms with Crippen molar-refractivity contribution in [3.8, 4) is 0 Å². The zero-order chi connectivity index (χ0) is 11.4. The molecule has 0 aromatic heterocycles. The quantitative estimate of drug-likeness (QED) is 0.443. The molecule has 0 fully saturated rings. The Hall–Kier alpha value is -1.14. The molecule has 0 aliphatic heterocycles. The van der Waals surface area contributed by atoms with Crippen LogP contribution >= 0.6 is 0 Å². The van der Waals surface area contributed by atoms with Crippen LogP contribution in [0.15, 0.2) is 0 Å². The smallest absolute Gasteiger partial charge is 0.337 e. The Labute approximate surface area is 82.1 Å². The fourth-order valence-electron chi connectivity index (χ4n) is 0.651. The second-order valence-electron chi connectivity index (χ2n) is 3.31. The summed E-state index contributed by atoms with van der Waals surface area (Å²) in [6.45, 7) is 2.49. The van der Waals surface area contributed by atoms with Crippen molar-refractivity contribution < 1.29 is 19.8 Å². The van der Waals surface area contributed by atoms with E-state index in [-0.39, 0.29) is 6.54 Å². The van der Waals surface area contributed by atoms with Crippen molar-refractivity contribution in [3.05, 3.63) is 0 Å². The van der Waals surface area contributed by atoms with Gasteiger partial charge in [0.25, 0.3) is 0 Å². The van der Waals surface area contributed by atoms with Crippen molar-refractivity contribution in [2.24, 2.45) is 5.73 Å². The Kier molecular flexibility index (Phi) is 4.52. The maximum atomic E-state index is 11.1. The summed E-state index contributed by atoms with van der Waals surface area (Å²) < 4.78 is 0. The van der Waals surface area contributed by atoms with Crippen molar-refractivity contribution in [3.63, 3.8) is 0 Å². The molecule has 6 nitrogen and oxygen atoms in total. The van der Waals surface area contributed by atoms with Gasteiger partial charge in [-0.05, 0) is 13.3 Å². The lowest BCUT2D eigenvalue weighted by atomic mass is 10.1. The zero-order valence-electron chi connectivity index (χ0n) is 8.28. The van der Waals surface area contributed by atoms with Crippen LogP contribution in [0, 0.1) is 0 Å². The van der Waals surface area contributed by atoms with Gasteiger partial charge >= 0.3 is 5.97 Å². The van der Waals surface area contributed by atoms with Gasteiger partial charge in [-0.2, -0.15) is 0 Å². The van der Waals surface area contributed by atoms with Crippen LogP contribution in [0.1, 0.15) is 20.3 Å². The molecule has 0 radical (unpaired) electrons. The fraction of sp³-hybridized carbons (Fsp3) is 0.750. The van der Waals surface area contributed by atoms with Crippen molar-refractivity contribution in [2.75, 3.05) is 6.54 Å². The van der Waals surface area contributed by atoms with E-state index >= 15 is 0 Å². The van der Waals surface area contributed by atoms with E-state index in [4.69, 9.17) is 10.8 Å². The van der Waals surface area contributed by atoms with Crippen molar-refractivity contribution in [1.82, 2.24) is 5.32 Å². The second-order valence-corrected chi connectivity index (χ2v) is 3.31. The van der Waals surface area contributed by atoms with E-state index in [1.807, 2.05) is 0 Å². The van der Waals surface area contributed by atoms with Crippen molar-refractivity contribution >= 4 is 11.9 Å². The molecular weight excluding hydrogens is 188 g/mol. The molecule has 0 saturated carbocycles. The summed E-state index contributed by atoms with van der Waals surface area (Å²) in [5.41, 5.74) is 3.43. The SMILES string of the molecule is CC[C@@H](N)C(=O)NCC(C)(O)C(=O)O. The third-order valence-electron chi connectivity index (χ3n) is 1.84. The summed E-state index contributed by atoms with van der Waals surface area (Å²) in [5.74, 6) is -1.85. The van der Waals surface area contributed by atoms with Gasteiger partial charge in [0.2, 0.25) is 5.91 Å². The molecule has 1 unspecified atom stereocenters. The highest BCUT2D eigenvalue weighted by Crippen LogP contribution is 2.00. The molecule has 0 heterocycles. The van der Waals surface area contributed by atoms with Crippen molar-refractivity contribution in [1.29, 1.82) is 0 Å². The van der Waals surface area contributed by atoms with Gasteiger partial charge in [-0.1, -0.05) is 6.92 Å². The summed E-state index contributed by atoms with van der Waals surface area (Å²) in [5, 5.41) is 20.0. The molecule has 0 aromatic carbocycles. The van der Waals surface area contributed by atoms with Crippen molar-refractivity contribution in [2.45, 2.75) is 31.9 Å². The third-order valence-corrected chi connectivity index (χ3v) is 1.84. The lowest BCUT2D eigenvalue weighted by molar-refractivity contribution is -0.156. The van der Waals surface area contributed by atoms with Gasteiger partial charge in [-0.25, -0.2) is 4.79 Å². The Morgan fingerprint density at radius 3 is 2.43 bits per heavy atom. The fourth-order valence-corrected chi connectivity index (χ4v) is 0.651. The number of rotatable bonds is 5. The minimum absolute atomic E-state index is 0.352. The van der Waals surface area contributed by atoms with Gasteiger partial charge in [0.15, 0.2) is 5.60 Å². The number of aliphatic hydroxyl groups is 1.